The van der Waals surface area contributed by atoms with Crippen LogP contribution in [0.1, 0.15) is 24.0 Å². The van der Waals surface area contributed by atoms with E-state index in [9.17, 15) is 14.0 Å². The topological polar surface area (TPSA) is 108 Å². The molecule has 0 saturated carbocycles. The molecule has 3 aromatic rings. The quantitative estimate of drug-likeness (QED) is 0.638. The highest BCUT2D eigenvalue weighted by atomic mass is 32.1. The SMILES string of the molecule is COc1cc(F)ccc1-c1ccc(=O)n(CC(=O)Nc2nnc([C@@H]3CCCO3)s2)n1. The molecule has 156 valence electrons. The minimum atomic E-state index is -0.470. The second-order valence-electron chi connectivity index (χ2n) is 6.55. The molecule has 1 aliphatic heterocycles. The summed E-state index contributed by atoms with van der Waals surface area (Å²) in [6, 6.07) is 6.77. The number of ether oxygens (including phenoxy) is 2. The third-order valence-electron chi connectivity index (χ3n) is 4.49. The fourth-order valence-corrected chi connectivity index (χ4v) is 3.91. The zero-order valence-electron chi connectivity index (χ0n) is 16.0. The normalized spacial score (nSPS) is 15.9. The van der Waals surface area contributed by atoms with Gasteiger partial charge in [-0.15, -0.1) is 10.2 Å². The van der Waals surface area contributed by atoms with Crippen LogP contribution in [0, 0.1) is 5.82 Å². The molecule has 1 aromatic carbocycles. The van der Waals surface area contributed by atoms with Gasteiger partial charge >= 0.3 is 0 Å². The predicted molar refractivity (Wildman–Crippen MR) is 107 cm³/mol. The van der Waals surface area contributed by atoms with Gasteiger partial charge in [-0.2, -0.15) is 5.10 Å². The standard InChI is InChI=1S/C19H18FN5O4S/c1-28-15-9-11(20)4-5-12(15)13-6-7-17(27)25(24-13)10-16(26)21-19-23-22-18(30-19)14-3-2-8-29-14/h4-7,9,14H,2-3,8,10H2,1H3,(H,21,23,26)/t14-/m0/s1. The average molecular weight is 431 g/mol. The van der Waals surface area contributed by atoms with Crippen molar-refractivity contribution in [3.63, 3.8) is 0 Å². The summed E-state index contributed by atoms with van der Waals surface area (Å²) in [6.07, 6.45) is 1.76. The number of amides is 1. The van der Waals surface area contributed by atoms with Crippen molar-refractivity contribution >= 4 is 22.4 Å². The van der Waals surface area contributed by atoms with Crippen LogP contribution in [0.2, 0.25) is 0 Å². The lowest BCUT2D eigenvalue weighted by atomic mass is 10.1. The number of nitrogens with zero attached hydrogens (tertiary/aromatic N) is 4. The van der Waals surface area contributed by atoms with Gasteiger partial charge in [-0.1, -0.05) is 11.3 Å². The van der Waals surface area contributed by atoms with Gasteiger partial charge in [0.25, 0.3) is 5.56 Å². The first-order valence-corrected chi connectivity index (χ1v) is 10.0. The zero-order chi connectivity index (χ0) is 21.1. The molecule has 9 nitrogen and oxygen atoms in total. The Morgan fingerprint density at radius 3 is 3.00 bits per heavy atom. The molecule has 4 rings (SSSR count). The summed E-state index contributed by atoms with van der Waals surface area (Å²) in [6.45, 7) is 0.376. The average Bonchev–Trinajstić information content (AvgIpc) is 3.41. The number of hydrogen-bond acceptors (Lipinski definition) is 8. The molecule has 30 heavy (non-hydrogen) atoms. The number of rotatable bonds is 6. The minimum absolute atomic E-state index is 0.0835. The Bertz CT molecular complexity index is 1130. The molecule has 1 atom stereocenters. The van der Waals surface area contributed by atoms with Crippen molar-refractivity contribution in [2.75, 3.05) is 19.0 Å². The highest BCUT2D eigenvalue weighted by Gasteiger charge is 2.22. The number of aromatic nitrogens is 4. The van der Waals surface area contributed by atoms with E-state index >= 15 is 0 Å². The third kappa shape index (κ3) is 4.36. The van der Waals surface area contributed by atoms with Gasteiger partial charge in [-0.05, 0) is 31.0 Å². The van der Waals surface area contributed by atoms with E-state index in [0.717, 1.165) is 17.5 Å². The molecule has 11 heteroatoms. The fraction of sp³-hybridized carbons (Fsp3) is 0.316. The van der Waals surface area contributed by atoms with Crippen LogP contribution >= 0.6 is 11.3 Å². The van der Waals surface area contributed by atoms with Gasteiger partial charge in [-0.3, -0.25) is 14.9 Å². The second kappa shape index (κ2) is 8.67. The van der Waals surface area contributed by atoms with Crippen LogP contribution in [0.3, 0.4) is 0 Å². The summed E-state index contributed by atoms with van der Waals surface area (Å²) in [4.78, 5) is 24.6. The van der Waals surface area contributed by atoms with Crippen molar-refractivity contribution in [1.82, 2.24) is 20.0 Å². The maximum Gasteiger partial charge on any atom is 0.267 e. The van der Waals surface area contributed by atoms with Crippen molar-refractivity contribution < 1.29 is 18.7 Å². The highest BCUT2D eigenvalue weighted by Crippen LogP contribution is 2.32. The Kier molecular flexibility index (Phi) is 5.81. The molecule has 0 spiro atoms. The second-order valence-corrected chi connectivity index (χ2v) is 7.56. The van der Waals surface area contributed by atoms with E-state index in [1.807, 2.05) is 0 Å². The van der Waals surface area contributed by atoms with Gasteiger partial charge in [0, 0.05) is 24.3 Å². The molecule has 0 bridgehead atoms. The lowest BCUT2D eigenvalue weighted by Gasteiger charge is -2.10. The minimum Gasteiger partial charge on any atom is -0.496 e. The number of carbonyl (C=O) groups excluding carboxylic acids is 1. The molecular formula is C19H18FN5O4S. The van der Waals surface area contributed by atoms with E-state index in [2.05, 4.69) is 20.6 Å². The van der Waals surface area contributed by atoms with Gasteiger partial charge in [0.2, 0.25) is 11.0 Å². The molecule has 1 amide bonds. The Balaban J connectivity index is 1.50. The number of halogens is 1. The number of benzene rings is 1. The van der Waals surface area contributed by atoms with Crippen LogP contribution in [0.4, 0.5) is 9.52 Å². The van der Waals surface area contributed by atoms with Crippen molar-refractivity contribution in [2.45, 2.75) is 25.5 Å². The number of anilines is 1. The van der Waals surface area contributed by atoms with Gasteiger partial charge in [0.1, 0.15) is 29.2 Å². The Morgan fingerprint density at radius 1 is 1.37 bits per heavy atom. The molecule has 1 saturated heterocycles. The van der Waals surface area contributed by atoms with Gasteiger partial charge in [0.15, 0.2) is 0 Å². The number of hydrogen-bond donors (Lipinski definition) is 1. The first-order chi connectivity index (χ1) is 14.5. The predicted octanol–water partition coefficient (Wildman–Crippen LogP) is 2.40. The maximum atomic E-state index is 13.4. The zero-order valence-corrected chi connectivity index (χ0v) is 16.8. The molecule has 1 aliphatic rings. The first-order valence-electron chi connectivity index (χ1n) is 9.20. The van der Waals surface area contributed by atoms with Gasteiger partial charge in [-0.25, -0.2) is 9.07 Å². The van der Waals surface area contributed by atoms with E-state index in [1.165, 1.54) is 48.8 Å². The summed E-state index contributed by atoms with van der Waals surface area (Å²) in [5.41, 5.74) is 0.418. The summed E-state index contributed by atoms with van der Waals surface area (Å²) >= 11 is 1.24. The maximum absolute atomic E-state index is 13.4. The number of nitrogens with one attached hydrogen (secondary N) is 1. The fourth-order valence-electron chi connectivity index (χ4n) is 3.06. The molecule has 0 aliphatic carbocycles. The lowest BCUT2D eigenvalue weighted by Crippen LogP contribution is -2.29. The van der Waals surface area contributed by atoms with Crippen molar-refractivity contribution in [3.8, 4) is 17.0 Å². The molecule has 1 N–H and O–H groups in total. The summed E-state index contributed by atoms with van der Waals surface area (Å²) in [5, 5.41) is 15.9. The van der Waals surface area contributed by atoms with Crippen LogP contribution < -0.4 is 15.6 Å². The van der Waals surface area contributed by atoms with Crippen molar-refractivity contribution in [3.05, 3.63) is 51.5 Å². The molecule has 3 heterocycles. The molecule has 0 unspecified atom stereocenters. The molecule has 0 radical (unpaired) electrons. The van der Waals surface area contributed by atoms with E-state index in [0.29, 0.717) is 28.0 Å². The van der Waals surface area contributed by atoms with Crippen LogP contribution in [-0.2, 0) is 16.1 Å². The summed E-state index contributed by atoms with van der Waals surface area (Å²) in [5.74, 6) is -0.654. The van der Waals surface area contributed by atoms with Crippen LogP contribution in [-0.4, -0.2) is 39.6 Å². The first kappa shape index (κ1) is 20.1. The highest BCUT2D eigenvalue weighted by molar-refractivity contribution is 7.15. The molecule has 2 aromatic heterocycles. The van der Waals surface area contributed by atoms with E-state index in [4.69, 9.17) is 9.47 Å². The monoisotopic (exact) mass is 431 g/mol. The lowest BCUT2D eigenvalue weighted by molar-refractivity contribution is -0.117. The van der Waals surface area contributed by atoms with E-state index in [1.54, 1.807) is 0 Å². The Morgan fingerprint density at radius 2 is 2.23 bits per heavy atom. The van der Waals surface area contributed by atoms with Gasteiger partial charge in [0.05, 0.1) is 12.8 Å². The van der Waals surface area contributed by atoms with Crippen LogP contribution in [0.15, 0.2) is 35.1 Å². The van der Waals surface area contributed by atoms with Crippen molar-refractivity contribution in [1.29, 1.82) is 0 Å². The van der Waals surface area contributed by atoms with Crippen LogP contribution in [0.5, 0.6) is 5.75 Å². The molecular weight excluding hydrogens is 413 g/mol. The third-order valence-corrected chi connectivity index (χ3v) is 5.42. The summed E-state index contributed by atoms with van der Waals surface area (Å²) in [7, 11) is 1.41. The largest absolute Gasteiger partial charge is 0.496 e. The van der Waals surface area contributed by atoms with E-state index in [-0.39, 0.29) is 18.4 Å². The smallest absolute Gasteiger partial charge is 0.267 e. The Labute approximate surface area is 174 Å². The Hall–Kier alpha value is -3.18. The molecule has 1 fully saturated rings. The van der Waals surface area contributed by atoms with Crippen molar-refractivity contribution in [2.24, 2.45) is 0 Å². The summed E-state index contributed by atoms with van der Waals surface area (Å²) < 4.78 is 25.2. The van der Waals surface area contributed by atoms with E-state index < -0.39 is 17.3 Å². The van der Waals surface area contributed by atoms with Gasteiger partial charge < -0.3 is 9.47 Å². The van der Waals surface area contributed by atoms with Crippen LogP contribution in [0.25, 0.3) is 11.3 Å². The number of methoxy groups -OCH3 is 1. The number of carbonyl (C=O) groups is 1.